The van der Waals surface area contributed by atoms with E-state index < -0.39 is 9.84 Å². The number of imidazole rings is 1. The van der Waals surface area contributed by atoms with E-state index in [9.17, 15) is 8.42 Å². The van der Waals surface area contributed by atoms with Crippen molar-refractivity contribution in [2.24, 2.45) is 0 Å². The first-order valence-electron chi connectivity index (χ1n) is 3.37. The molecule has 0 N–H and O–H groups in total. The van der Waals surface area contributed by atoms with Gasteiger partial charge in [0.25, 0.3) is 0 Å². The number of hydrogen-bond donors (Lipinski definition) is 0. The molecule has 0 aliphatic carbocycles. The fraction of sp³-hybridized carbons (Fsp3) is 0.500. The van der Waals surface area contributed by atoms with E-state index in [1.54, 1.807) is 12.5 Å². The lowest BCUT2D eigenvalue weighted by Crippen LogP contribution is -2.22. The van der Waals surface area contributed by atoms with Gasteiger partial charge >= 0.3 is 0 Å². The molecule has 1 aliphatic rings. The summed E-state index contributed by atoms with van der Waals surface area (Å²) in [5, 5.41) is 0. The summed E-state index contributed by atoms with van der Waals surface area (Å²) in [5.74, 6) is 0.392. The molecule has 60 valence electrons. The molecule has 1 aromatic heterocycles. The van der Waals surface area contributed by atoms with E-state index in [1.165, 1.54) is 0 Å². The minimum absolute atomic E-state index is 0.146. The third kappa shape index (κ3) is 1.16. The fourth-order valence-electron chi connectivity index (χ4n) is 1.20. The Morgan fingerprint density at radius 3 is 3.18 bits per heavy atom. The largest absolute Gasteiger partial charge is 0.333 e. The Labute approximate surface area is 64.8 Å². The van der Waals surface area contributed by atoms with Crippen molar-refractivity contribution in [3.63, 3.8) is 0 Å². The standard InChI is InChI=1S/C6H8N2O2S/c9-11(10)2-1-8-5-7-3-6(8)4-11/h3,5H,1-2,4H2. The van der Waals surface area contributed by atoms with Gasteiger partial charge in [0.05, 0.1) is 23.5 Å². The topological polar surface area (TPSA) is 52.0 Å². The summed E-state index contributed by atoms with van der Waals surface area (Å²) in [5.41, 5.74) is 0.802. The molecule has 2 heterocycles. The number of fused-ring (bicyclic) bond motifs is 1. The van der Waals surface area contributed by atoms with Gasteiger partial charge in [-0.15, -0.1) is 0 Å². The highest BCUT2D eigenvalue weighted by molar-refractivity contribution is 7.90. The number of nitrogens with zero attached hydrogens (tertiary/aromatic N) is 2. The van der Waals surface area contributed by atoms with Crippen molar-refractivity contribution in [2.45, 2.75) is 12.3 Å². The quantitative estimate of drug-likeness (QED) is 0.545. The van der Waals surface area contributed by atoms with Crippen molar-refractivity contribution in [1.82, 2.24) is 9.55 Å². The molecule has 2 rings (SSSR count). The van der Waals surface area contributed by atoms with Crippen LogP contribution in [0.25, 0.3) is 0 Å². The molecule has 0 saturated carbocycles. The van der Waals surface area contributed by atoms with Gasteiger partial charge in [0.15, 0.2) is 9.84 Å². The minimum Gasteiger partial charge on any atom is -0.333 e. The fourth-order valence-corrected chi connectivity index (χ4v) is 2.51. The first-order chi connectivity index (χ1) is 5.17. The summed E-state index contributed by atoms with van der Waals surface area (Å²) < 4.78 is 24.0. The normalized spacial score (nSPS) is 21.1. The third-order valence-corrected chi connectivity index (χ3v) is 3.35. The highest BCUT2D eigenvalue weighted by atomic mass is 32.2. The van der Waals surface area contributed by atoms with Crippen molar-refractivity contribution >= 4 is 9.84 Å². The van der Waals surface area contributed by atoms with Gasteiger partial charge < -0.3 is 4.57 Å². The zero-order valence-corrected chi connectivity index (χ0v) is 6.71. The molecule has 4 nitrogen and oxygen atoms in total. The van der Waals surface area contributed by atoms with Crippen LogP contribution in [0.2, 0.25) is 0 Å². The van der Waals surface area contributed by atoms with Crippen molar-refractivity contribution < 1.29 is 8.42 Å². The summed E-state index contributed by atoms with van der Waals surface area (Å²) in [6.45, 7) is 0.553. The molecule has 0 amide bonds. The van der Waals surface area contributed by atoms with E-state index in [4.69, 9.17) is 0 Å². The average Bonchev–Trinajstić information content (AvgIpc) is 2.31. The number of rotatable bonds is 0. The summed E-state index contributed by atoms with van der Waals surface area (Å²) in [7, 11) is -2.83. The molecule has 0 fully saturated rings. The Morgan fingerprint density at radius 2 is 2.36 bits per heavy atom. The van der Waals surface area contributed by atoms with Crippen LogP contribution in [-0.2, 0) is 22.1 Å². The zero-order valence-electron chi connectivity index (χ0n) is 5.90. The molecular formula is C6H8N2O2S. The highest BCUT2D eigenvalue weighted by Crippen LogP contribution is 2.12. The van der Waals surface area contributed by atoms with E-state index in [0.29, 0.717) is 6.54 Å². The predicted molar refractivity (Wildman–Crippen MR) is 39.7 cm³/mol. The van der Waals surface area contributed by atoms with Crippen LogP contribution in [0.4, 0.5) is 0 Å². The second-order valence-corrected chi connectivity index (χ2v) is 4.85. The van der Waals surface area contributed by atoms with Gasteiger partial charge in [0, 0.05) is 12.7 Å². The van der Waals surface area contributed by atoms with Gasteiger partial charge in [-0.1, -0.05) is 0 Å². The highest BCUT2D eigenvalue weighted by Gasteiger charge is 2.20. The molecule has 0 spiro atoms. The van der Waals surface area contributed by atoms with Crippen LogP contribution in [0.15, 0.2) is 12.5 Å². The van der Waals surface area contributed by atoms with E-state index in [2.05, 4.69) is 4.98 Å². The first-order valence-corrected chi connectivity index (χ1v) is 5.19. The van der Waals surface area contributed by atoms with Crippen molar-refractivity contribution in [1.29, 1.82) is 0 Å². The lowest BCUT2D eigenvalue weighted by molar-refractivity contribution is 0.574. The monoisotopic (exact) mass is 172 g/mol. The van der Waals surface area contributed by atoms with Gasteiger partial charge in [-0.3, -0.25) is 0 Å². The molecule has 0 aromatic carbocycles. The predicted octanol–water partition coefficient (Wildman–Crippen LogP) is -0.189. The van der Waals surface area contributed by atoms with Crippen LogP contribution in [0.1, 0.15) is 5.69 Å². The van der Waals surface area contributed by atoms with Gasteiger partial charge in [0.2, 0.25) is 0 Å². The van der Waals surface area contributed by atoms with Gasteiger partial charge in [0.1, 0.15) is 0 Å². The van der Waals surface area contributed by atoms with Crippen LogP contribution in [0.5, 0.6) is 0 Å². The number of aromatic nitrogens is 2. The molecule has 11 heavy (non-hydrogen) atoms. The van der Waals surface area contributed by atoms with Gasteiger partial charge in [-0.05, 0) is 0 Å². The molecule has 1 aromatic rings. The maximum Gasteiger partial charge on any atom is 0.157 e. The smallest absolute Gasteiger partial charge is 0.157 e. The Hall–Kier alpha value is -0.840. The second-order valence-electron chi connectivity index (χ2n) is 2.67. The zero-order chi connectivity index (χ0) is 7.90. The average molecular weight is 172 g/mol. The maximum atomic E-state index is 11.1. The number of aryl methyl sites for hydroxylation is 1. The SMILES string of the molecule is O=S1(=O)CCn2cncc2C1. The maximum absolute atomic E-state index is 11.1. The molecule has 0 unspecified atom stereocenters. The Kier molecular flexibility index (Phi) is 1.29. The van der Waals surface area contributed by atoms with E-state index in [-0.39, 0.29) is 11.5 Å². The minimum atomic E-state index is -2.83. The molecule has 0 bridgehead atoms. The number of hydrogen-bond acceptors (Lipinski definition) is 3. The Morgan fingerprint density at radius 1 is 1.55 bits per heavy atom. The van der Waals surface area contributed by atoms with Crippen molar-refractivity contribution in [3.05, 3.63) is 18.2 Å². The Balaban J connectivity index is 2.47. The van der Waals surface area contributed by atoms with Crippen molar-refractivity contribution in [3.8, 4) is 0 Å². The summed E-state index contributed by atoms with van der Waals surface area (Å²) >= 11 is 0. The molecule has 1 aliphatic heterocycles. The van der Waals surface area contributed by atoms with Crippen LogP contribution < -0.4 is 0 Å². The lowest BCUT2D eigenvalue weighted by atomic mass is 10.5. The van der Waals surface area contributed by atoms with E-state index in [1.807, 2.05) is 4.57 Å². The van der Waals surface area contributed by atoms with Gasteiger partial charge in [-0.25, -0.2) is 13.4 Å². The molecule has 5 heteroatoms. The van der Waals surface area contributed by atoms with Crippen LogP contribution >= 0.6 is 0 Å². The van der Waals surface area contributed by atoms with Crippen LogP contribution in [-0.4, -0.2) is 23.7 Å². The van der Waals surface area contributed by atoms with E-state index in [0.717, 1.165) is 5.69 Å². The van der Waals surface area contributed by atoms with Crippen LogP contribution in [0.3, 0.4) is 0 Å². The summed E-state index contributed by atoms with van der Waals surface area (Å²) in [6.07, 6.45) is 3.28. The molecular weight excluding hydrogens is 164 g/mol. The van der Waals surface area contributed by atoms with E-state index >= 15 is 0 Å². The first kappa shape index (κ1) is 6.84. The Bertz CT molecular complexity index is 366. The van der Waals surface area contributed by atoms with Gasteiger partial charge in [-0.2, -0.15) is 0 Å². The third-order valence-electron chi connectivity index (χ3n) is 1.81. The summed E-state index contributed by atoms with van der Waals surface area (Å²) in [4.78, 5) is 3.87. The molecule has 0 atom stereocenters. The molecule has 0 radical (unpaired) electrons. The second kappa shape index (κ2) is 2.07. The van der Waals surface area contributed by atoms with Crippen LogP contribution in [0, 0.1) is 0 Å². The van der Waals surface area contributed by atoms with Crippen molar-refractivity contribution in [2.75, 3.05) is 5.75 Å². The number of sulfone groups is 1. The summed E-state index contributed by atoms with van der Waals surface area (Å²) in [6, 6.07) is 0. The lowest BCUT2D eigenvalue weighted by Gasteiger charge is -2.13. The molecule has 0 saturated heterocycles.